The fraction of sp³-hybridized carbons (Fsp3) is 0.333. The van der Waals surface area contributed by atoms with E-state index in [1.807, 2.05) is 24.3 Å². The smallest absolute Gasteiger partial charge is 0.238 e. The van der Waals surface area contributed by atoms with Crippen LogP contribution in [0.3, 0.4) is 0 Å². The predicted octanol–water partition coefficient (Wildman–Crippen LogP) is 2.78. The zero-order valence-corrected chi connectivity index (χ0v) is 12.0. The van der Waals surface area contributed by atoms with Gasteiger partial charge in [-0.2, -0.15) is 0 Å². The predicted molar refractivity (Wildman–Crippen MR) is 77.1 cm³/mol. The van der Waals surface area contributed by atoms with Crippen LogP contribution in [-0.2, 0) is 6.54 Å². The van der Waals surface area contributed by atoms with E-state index in [1.165, 1.54) is 0 Å². The molecule has 1 N–H and O–H groups in total. The molecule has 0 saturated heterocycles. The Morgan fingerprint density at radius 3 is 2.45 bits per heavy atom. The number of aromatic nitrogens is 2. The number of ether oxygens (including phenoxy) is 2. The molecule has 20 heavy (non-hydrogen) atoms. The molecule has 0 aliphatic rings. The quantitative estimate of drug-likeness (QED) is 0.877. The van der Waals surface area contributed by atoms with Crippen molar-refractivity contribution in [2.24, 2.45) is 0 Å². The lowest BCUT2D eigenvalue weighted by Crippen LogP contribution is -2.22. The lowest BCUT2D eigenvalue weighted by Gasteiger charge is -2.10. The Kier molecular flexibility index (Phi) is 4.90. The fourth-order valence-electron chi connectivity index (χ4n) is 1.61. The van der Waals surface area contributed by atoms with E-state index in [0.717, 1.165) is 5.69 Å². The minimum atomic E-state index is 0.418. The average molecular weight is 273 g/mol. The van der Waals surface area contributed by atoms with Gasteiger partial charge in [-0.1, -0.05) is 26.0 Å². The lowest BCUT2D eigenvalue weighted by atomic mass is 10.3. The molecule has 2 aromatic rings. The zero-order valence-electron chi connectivity index (χ0n) is 12.0. The second kappa shape index (κ2) is 6.86. The van der Waals surface area contributed by atoms with Crippen molar-refractivity contribution < 1.29 is 9.47 Å². The summed E-state index contributed by atoms with van der Waals surface area (Å²) in [4.78, 5) is 8.56. The molecule has 5 heteroatoms. The van der Waals surface area contributed by atoms with Gasteiger partial charge in [-0.25, -0.2) is 4.98 Å². The SMILES string of the molecule is COc1ccccc1Oc1cnc(CNC(C)C)cn1. The summed E-state index contributed by atoms with van der Waals surface area (Å²) >= 11 is 0. The first-order valence-electron chi connectivity index (χ1n) is 6.54. The molecular formula is C15H19N3O2. The van der Waals surface area contributed by atoms with E-state index in [1.54, 1.807) is 19.5 Å². The molecular weight excluding hydrogens is 254 g/mol. The molecule has 0 aliphatic carbocycles. The van der Waals surface area contributed by atoms with Crippen LogP contribution >= 0.6 is 0 Å². The number of methoxy groups -OCH3 is 1. The zero-order chi connectivity index (χ0) is 14.4. The summed E-state index contributed by atoms with van der Waals surface area (Å²) in [5.41, 5.74) is 0.881. The third kappa shape index (κ3) is 3.93. The molecule has 0 radical (unpaired) electrons. The molecule has 0 unspecified atom stereocenters. The standard InChI is InChI=1S/C15H19N3O2/c1-11(2)16-8-12-9-18-15(10-17-12)20-14-7-5-4-6-13(14)19-3/h4-7,9-11,16H,8H2,1-3H3. The van der Waals surface area contributed by atoms with Crippen LogP contribution in [0.15, 0.2) is 36.7 Å². The summed E-state index contributed by atoms with van der Waals surface area (Å²) in [6.45, 7) is 4.87. The number of nitrogens with zero attached hydrogens (tertiary/aromatic N) is 2. The molecule has 5 nitrogen and oxygen atoms in total. The molecule has 0 saturated carbocycles. The highest BCUT2D eigenvalue weighted by Gasteiger charge is 2.06. The number of nitrogens with one attached hydrogen (secondary N) is 1. The Morgan fingerprint density at radius 2 is 1.85 bits per heavy atom. The Morgan fingerprint density at radius 1 is 1.10 bits per heavy atom. The molecule has 0 amide bonds. The van der Waals surface area contributed by atoms with Crippen molar-refractivity contribution in [1.82, 2.24) is 15.3 Å². The molecule has 1 aromatic heterocycles. The lowest BCUT2D eigenvalue weighted by molar-refractivity contribution is 0.373. The second-order valence-corrected chi connectivity index (χ2v) is 4.63. The first kappa shape index (κ1) is 14.3. The van der Waals surface area contributed by atoms with Gasteiger partial charge in [-0.15, -0.1) is 0 Å². The fourth-order valence-corrected chi connectivity index (χ4v) is 1.61. The number of hydrogen-bond donors (Lipinski definition) is 1. The van der Waals surface area contributed by atoms with Crippen molar-refractivity contribution in [3.63, 3.8) is 0 Å². The summed E-state index contributed by atoms with van der Waals surface area (Å²) < 4.78 is 10.9. The van der Waals surface area contributed by atoms with Gasteiger partial charge in [-0.05, 0) is 12.1 Å². The van der Waals surface area contributed by atoms with Gasteiger partial charge in [0.15, 0.2) is 11.5 Å². The van der Waals surface area contributed by atoms with E-state index >= 15 is 0 Å². The Labute approximate surface area is 119 Å². The Balaban J connectivity index is 2.03. The maximum Gasteiger partial charge on any atom is 0.238 e. The van der Waals surface area contributed by atoms with E-state index in [9.17, 15) is 0 Å². The van der Waals surface area contributed by atoms with Crippen molar-refractivity contribution in [1.29, 1.82) is 0 Å². The number of benzene rings is 1. The van der Waals surface area contributed by atoms with Gasteiger partial charge < -0.3 is 14.8 Å². The highest BCUT2D eigenvalue weighted by molar-refractivity contribution is 5.41. The van der Waals surface area contributed by atoms with Crippen LogP contribution in [0.5, 0.6) is 17.4 Å². The molecule has 1 aromatic carbocycles. The first-order chi connectivity index (χ1) is 9.69. The van der Waals surface area contributed by atoms with E-state index in [0.29, 0.717) is 30.0 Å². The number of para-hydroxylation sites is 2. The summed E-state index contributed by atoms with van der Waals surface area (Å²) in [6.07, 6.45) is 3.32. The van der Waals surface area contributed by atoms with E-state index in [4.69, 9.17) is 9.47 Å². The highest BCUT2D eigenvalue weighted by atomic mass is 16.5. The minimum absolute atomic E-state index is 0.418. The van der Waals surface area contributed by atoms with Gasteiger partial charge in [0.05, 0.1) is 25.2 Å². The molecule has 0 fully saturated rings. The first-order valence-corrected chi connectivity index (χ1v) is 6.54. The molecule has 0 spiro atoms. The van der Waals surface area contributed by atoms with Gasteiger partial charge in [-0.3, -0.25) is 4.98 Å². The summed E-state index contributed by atoms with van der Waals surface area (Å²) in [6, 6.07) is 7.85. The largest absolute Gasteiger partial charge is 0.493 e. The average Bonchev–Trinajstić information content (AvgIpc) is 2.47. The molecule has 0 atom stereocenters. The summed E-state index contributed by atoms with van der Waals surface area (Å²) in [7, 11) is 1.61. The van der Waals surface area contributed by atoms with Gasteiger partial charge >= 0.3 is 0 Å². The van der Waals surface area contributed by atoms with Crippen molar-refractivity contribution in [3.05, 3.63) is 42.4 Å². The number of hydrogen-bond acceptors (Lipinski definition) is 5. The topological polar surface area (TPSA) is 56.3 Å². The van der Waals surface area contributed by atoms with Gasteiger partial charge in [0.1, 0.15) is 0 Å². The molecule has 2 rings (SSSR count). The van der Waals surface area contributed by atoms with Crippen molar-refractivity contribution in [2.45, 2.75) is 26.4 Å². The molecule has 0 bridgehead atoms. The van der Waals surface area contributed by atoms with Crippen LogP contribution in [0.25, 0.3) is 0 Å². The monoisotopic (exact) mass is 273 g/mol. The number of rotatable bonds is 6. The molecule has 1 heterocycles. The molecule has 0 aliphatic heterocycles. The molecule has 106 valence electrons. The van der Waals surface area contributed by atoms with Crippen molar-refractivity contribution in [2.75, 3.05) is 7.11 Å². The van der Waals surface area contributed by atoms with Crippen LogP contribution in [0.2, 0.25) is 0 Å². The van der Waals surface area contributed by atoms with Crippen LogP contribution in [0.1, 0.15) is 19.5 Å². The van der Waals surface area contributed by atoms with E-state index in [2.05, 4.69) is 29.1 Å². The Hall–Kier alpha value is -2.14. The van der Waals surface area contributed by atoms with Crippen LogP contribution < -0.4 is 14.8 Å². The maximum absolute atomic E-state index is 5.66. The highest BCUT2D eigenvalue weighted by Crippen LogP contribution is 2.29. The van der Waals surface area contributed by atoms with E-state index in [-0.39, 0.29) is 0 Å². The van der Waals surface area contributed by atoms with Crippen molar-refractivity contribution in [3.8, 4) is 17.4 Å². The summed E-state index contributed by atoms with van der Waals surface area (Å²) in [5, 5.41) is 3.29. The second-order valence-electron chi connectivity index (χ2n) is 4.63. The van der Waals surface area contributed by atoms with Crippen molar-refractivity contribution >= 4 is 0 Å². The maximum atomic E-state index is 5.66. The van der Waals surface area contributed by atoms with Crippen LogP contribution in [0.4, 0.5) is 0 Å². The third-order valence-electron chi connectivity index (χ3n) is 2.66. The van der Waals surface area contributed by atoms with E-state index < -0.39 is 0 Å². The summed E-state index contributed by atoms with van der Waals surface area (Å²) in [5.74, 6) is 1.74. The normalized spacial score (nSPS) is 10.6. The van der Waals surface area contributed by atoms with Crippen LogP contribution in [-0.4, -0.2) is 23.1 Å². The van der Waals surface area contributed by atoms with Gasteiger partial charge in [0.25, 0.3) is 0 Å². The van der Waals surface area contributed by atoms with Gasteiger partial charge in [0.2, 0.25) is 5.88 Å². The third-order valence-corrected chi connectivity index (χ3v) is 2.66. The Bertz CT molecular complexity index is 541. The van der Waals surface area contributed by atoms with Crippen LogP contribution in [0, 0.1) is 0 Å². The minimum Gasteiger partial charge on any atom is -0.493 e. The van der Waals surface area contributed by atoms with Gasteiger partial charge in [0, 0.05) is 12.6 Å².